The van der Waals surface area contributed by atoms with Crippen LogP contribution in [0.1, 0.15) is 6.92 Å². The maximum absolute atomic E-state index is 9.83. The molecular weight excluding hydrogens is 258 g/mol. The molecule has 1 aromatic carbocycles. The zero-order chi connectivity index (χ0) is 14.1. The number of hydrogen-bond acceptors (Lipinski definition) is 6. The molecule has 2 aromatic rings. The first kappa shape index (κ1) is 12.7. The molecule has 1 aliphatic rings. The number of phenols is 2. The Bertz CT molecular complexity index is 613. The van der Waals surface area contributed by atoms with Crippen LogP contribution in [0.3, 0.4) is 0 Å². The van der Waals surface area contributed by atoms with Crippen molar-refractivity contribution in [3.05, 3.63) is 18.2 Å². The molecule has 0 aliphatic carbocycles. The van der Waals surface area contributed by atoms with Gasteiger partial charge in [0.2, 0.25) is 5.95 Å². The number of aromatic amines is 1. The van der Waals surface area contributed by atoms with Gasteiger partial charge in [-0.2, -0.15) is 4.98 Å². The predicted octanol–water partition coefficient (Wildman–Crippen LogP) is 0.681. The van der Waals surface area contributed by atoms with E-state index in [9.17, 15) is 10.2 Å². The third-order valence-corrected chi connectivity index (χ3v) is 3.36. The number of piperazine rings is 1. The van der Waals surface area contributed by atoms with Crippen molar-refractivity contribution in [3.8, 4) is 22.9 Å². The minimum atomic E-state index is 0.0548. The van der Waals surface area contributed by atoms with Gasteiger partial charge in [-0.05, 0) is 25.1 Å². The number of H-pyrrole nitrogens is 1. The fourth-order valence-electron chi connectivity index (χ4n) is 2.34. The average molecular weight is 275 g/mol. The van der Waals surface area contributed by atoms with Crippen LogP contribution in [0.15, 0.2) is 18.2 Å². The Labute approximate surface area is 116 Å². The minimum absolute atomic E-state index is 0.0548. The molecule has 0 amide bonds. The standard InChI is InChI=1S/C13H17N5O2/c1-8-7-18(5-4-14-8)13-15-12(16-17-13)10-6-9(19)2-3-11(10)20/h2-3,6,8,14,19-20H,4-5,7H2,1H3,(H,15,16,17)/t8-/m1/s1. The van der Waals surface area contributed by atoms with E-state index in [2.05, 4.69) is 32.3 Å². The number of nitrogens with one attached hydrogen (secondary N) is 2. The first-order chi connectivity index (χ1) is 9.63. The third kappa shape index (κ3) is 2.39. The summed E-state index contributed by atoms with van der Waals surface area (Å²) in [5.41, 5.74) is 0.437. The van der Waals surface area contributed by atoms with Gasteiger partial charge in [0.25, 0.3) is 0 Å². The summed E-state index contributed by atoms with van der Waals surface area (Å²) < 4.78 is 0. The smallest absolute Gasteiger partial charge is 0.245 e. The molecule has 1 atom stereocenters. The molecule has 0 bridgehead atoms. The second-order valence-electron chi connectivity index (χ2n) is 4.99. The molecule has 3 rings (SSSR count). The molecule has 1 aliphatic heterocycles. The highest BCUT2D eigenvalue weighted by molar-refractivity contribution is 5.66. The first-order valence-corrected chi connectivity index (χ1v) is 6.56. The highest BCUT2D eigenvalue weighted by Gasteiger charge is 2.20. The van der Waals surface area contributed by atoms with Crippen LogP contribution in [-0.2, 0) is 0 Å². The van der Waals surface area contributed by atoms with E-state index in [4.69, 9.17) is 0 Å². The molecule has 106 valence electrons. The van der Waals surface area contributed by atoms with Gasteiger partial charge in [-0.15, -0.1) is 5.10 Å². The van der Waals surface area contributed by atoms with Crippen LogP contribution in [0, 0.1) is 0 Å². The summed E-state index contributed by atoms with van der Waals surface area (Å²) in [6.45, 7) is 4.68. The summed E-state index contributed by atoms with van der Waals surface area (Å²) in [6.07, 6.45) is 0. The summed E-state index contributed by atoms with van der Waals surface area (Å²) in [5, 5.41) is 29.7. The lowest BCUT2D eigenvalue weighted by Gasteiger charge is -2.30. The summed E-state index contributed by atoms with van der Waals surface area (Å²) in [5.74, 6) is 1.18. The highest BCUT2D eigenvalue weighted by atomic mass is 16.3. The van der Waals surface area contributed by atoms with Gasteiger partial charge in [-0.25, -0.2) is 0 Å². The summed E-state index contributed by atoms with van der Waals surface area (Å²) in [7, 11) is 0. The Morgan fingerprint density at radius 3 is 3.00 bits per heavy atom. The molecule has 20 heavy (non-hydrogen) atoms. The number of phenolic OH excluding ortho intramolecular Hbond substituents is 2. The maximum Gasteiger partial charge on any atom is 0.245 e. The average Bonchev–Trinajstić information content (AvgIpc) is 2.91. The fourth-order valence-corrected chi connectivity index (χ4v) is 2.34. The van der Waals surface area contributed by atoms with E-state index in [0.717, 1.165) is 19.6 Å². The first-order valence-electron chi connectivity index (χ1n) is 6.56. The number of aromatic hydroxyl groups is 2. The number of aromatic nitrogens is 3. The molecule has 0 unspecified atom stereocenters. The van der Waals surface area contributed by atoms with Crippen molar-refractivity contribution >= 4 is 5.95 Å². The van der Waals surface area contributed by atoms with Crippen LogP contribution in [0.2, 0.25) is 0 Å². The van der Waals surface area contributed by atoms with Crippen molar-refractivity contribution in [2.45, 2.75) is 13.0 Å². The van der Waals surface area contributed by atoms with Crippen molar-refractivity contribution in [1.82, 2.24) is 20.5 Å². The molecule has 2 heterocycles. The van der Waals surface area contributed by atoms with E-state index in [0.29, 0.717) is 23.4 Å². The summed E-state index contributed by atoms with van der Waals surface area (Å²) in [4.78, 5) is 6.49. The van der Waals surface area contributed by atoms with Crippen LogP contribution < -0.4 is 10.2 Å². The van der Waals surface area contributed by atoms with Crippen molar-refractivity contribution in [2.24, 2.45) is 0 Å². The molecule has 4 N–H and O–H groups in total. The van der Waals surface area contributed by atoms with E-state index in [1.54, 1.807) is 0 Å². The Balaban J connectivity index is 1.88. The minimum Gasteiger partial charge on any atom is -0.508 e. The number of rotatable bonds is 2. The Morgan fingerprint density at radius 1 is 1.35 bits per heavy atom. The zero-order valence-electron chi connectivity index (χ0n) is 11.2. The van der Waals surface area contributed by atoms with Gasteiger partial charge in [-0.1, -0.05) is 0 Å². The van der Waals surface area contributed by atoms with Crippen LogP contribution >= 0.6 is 0 Å². The molecule has 0 saturated carbocycles. The maximum atomic E-state index is 9.83. The van der Waals surface area contributed by atoms with Gasteiger partial charge in [0, 0.05) is 25.7 Å². The van der Waals surface area contributed by atoms with Gasteiger partial charge in [0.05, 0.1) is 5.56 Å². The van der Waals surface area contributed by atoms with E-state index < -0.39 is 0 Å². The molecule has 7 heteroatoms. The van der Waals surface area contributed by atoms with E-state index in [1.165, 1.54) is 18.2 Å². The topological polar surface area (TPSA) is 97.3 Å². The van der Waals surface area contributed by atoms with Crippen LogP contribution in [0.25, 0.3) is 11.4 Å². The van der Waals surface area contributed by atoms with Gasteiger partial charge in [0.15, 0.2) is 5.82 Å². The number of benzene rings is 1. The monoisotopic (exact) mass is 275 g/mol. The van der Waals surface area contributed by atoms with E-state index in [1.807, 2.05) is 0 Å². The van der Waals surface area contributed by atoms with Crippen LogP contribution in [0.4, 0.5) is 5.95 Å². The molecule has 1 saturated heterocycles. The molecule has 0 radical (unpaired) electrons. The second-order valence-corrected chi connectivity index (χ2v) is 4.99. The molecule has 0 spiro atoms. The van der Waals surface area contributed by atoms with Gasteiger partial charge < -0.3 is 20.4 Å². The Morgan fingerprint density at radius 2 is 2.20 bits per heavy atom. The van der Waals surface area contributed by atoms with Crippen molar-refractivity contribution < 1.29 is 10.2 Å². The normalized spacial score (nSPS) is 19.2. The Hall–Kier alpha value is -2.28. The van der Waals surface area contributed by atoms with Gasteiger partial charge in [0.1, 0.15) is 11.5 Å². The predicted molar refractivity (Wildman–Crippen MR) is 74.8 cm³/mol. The summed E-state index contributed by atoms with van der Waals surface area (Å²) in [6, 6.07) is 4.70. The lowest BCUT2D eigenvalue weighted by molar-refractivity contribution is 0.461. The number of anilines is 1. The molecular formula is C13H17N5O2. The van der Waals surface area contributed by atoms with Crippen LogP contribution in [-0.4, -0.2) is 51.1 Å². The zero-order valence-corrected chi connectivity index (χ0v) is 11.2. The lowest BCUT2D eigenvalue weighted by atomic mass is 10.2. The second kappa shape index (κ2) is 5.01. The van der Waals surface area contributed by atoms with E-state index >= 15 is 0 Å². The van der Waals surface area contributed by atoms with Crippen molar-refractivity contribution in [2.75, 3.05) is 24.5 Å². The SMILES string of the molecule is C[C@@H]1CN(c2n[nH]c(-c3cc(O)ccc3O)n2)CCN1. The Kier molecular flexibility index (Phi) is 3.19. The molecule has 7 nitrogen and oxygen atoms in total. The van der Waals surface area contributed by atoms with E-state index in [-0.39, 0.29) is 11.5 Å². The molecule has 1 fully saturated rings. The molecule has 1 aromatic heterocycles. The lowest BCUT2D eigenvalue weighted by Crippen LogP contribution is -2.49. The number of hydrogen-bond donors (Lipinski definition) is 4. The van der Waals surface area contributed by atoms with Gasteiger partial charge in [-0.3, -0.25) is 5.10 Å². The van der Waals surface area contributed by atoms with Crippen molar-refractivity contribution in [3.63, 3.8) is 0 Å². The highest BCUT2D eigenvalue weighted by Crippen LogP contribution is 2.30. The fraction of sp³-hybridized carbons (Fsp3) is 0.385. The van der Waals surface area contributed by atoms with Gasteiger partial charge >= 0.3 is 0 Å². The largest absolute Gasteiger partial charge is 0.508 e. The third-order valence-electron chi connectivity index (χ3n) is 3.36. The van der Waals surface area contributed by atoms with Crippen LogP contribution in [0.5, 0.6) is 11.5 Å². The summed E-state index contributed by atoms with van der Waals surface area (Å²) >= 11 is 0. The quantitative estimate of drug-likeness (QED) is 0.602. The van der Waals surface area contributed by atoms with Crippen molar-refractivity contribution in [1.29, 1.82) is 0 Å². The number of nitrogens with zero attached hydrogens (tertiary/aromatic N) is 3.